The summed E-state index contributed by atoms with van der Waals surface area (Å²) < 4.78 is 5.30. The van der Waals surface area contributed by atoms with Crippen molar-refractivity contribution in [3.8, 4) is 0 Å². The molecule has 1 aliphatic rings. The Morgan fingerprint density at radius 2 is 1.84 bits per heavy atom. The maximum absolute atomic E-state index is 11.1. The molecule has 106 valence electrons. The van der Waals surface area contributed by atoms with Gasteiger partial charge in [0.1, 0.15) is 6.04 Å². The van der Waals surface area contributed by atoms with E-state index >= 15 is 0 Å². The Hall–Kier alpha value is -0.690. The zero-order chi connectivity index (χ0) is 13.0. The van der Waals surface area contributed by atoms with E-state index in [1.807, 2.05) is 30.3 Å². The van der Waals surface area contributed by atoms with Gasteiger partial charge in [-0.25, -0.2) is 0 Å². The Labute approximate surface area is 126 Å². The summed E-state index contributed by atoms with van der Waals surface area (Å²) in [6.07, 6.45) is 0. The van der Waals surface area contributed by atoms with E-state index in [2.05, 4.69) is 20.8 Å². The van der Waals surface area contributed by atoms with E-state index in [-0.39, 0.29) is 23.4 Å². The van der Waals surface area contributed by atoms with Crippen LogP contribution in [0.25, 0.3) is 0 Å². The minimum Gasteiger partial charge on any atom is -0.379 e. The highest BCUT2D eigenvalue weighted by Crippen LogP contribution is 2.29. The summed E-state index contributed by atoms with van der Waals surface area (Å²) in [6.45, 7) is 2.69. The Morgan fingerprint density at radius 1 is 1.26 bits per heavy atom. The quantitative estimate of drug-likeness (QED) is 0.362. The number of benzene rings is 1. The first-order chi connectivity index (χ1) is 8.70. The van der Waals surface area contributed by atoms with Crippen LogP contribution in [0, 0.1) is 10.1 Å². The van der Waals surface area contributed by atoms with Crippen molar-refractivity contribution in [1.29, 1.82) is 0 Å². The van der Waals surface area contributed by atoms with Crippen molar-refractivity contribution < 1.29 is 9.66 Å². The molecule has 2 unspecified atom stereocenters. The van der Waals surface area contributed by atoms with E-state index in [4.69, 9.17) is 4.74 Å². The van der Waals surface area contributed by atoms with Gasteiger partial charge >= 0.3 is 0 Å². The van der Waals surface area contributed by atoms with Crippen LogP contribution in [-0.2, 0) is 4.74 Å². The number of nitrogens with zero attached hydrogens (tertiary/aromatic N) is 2. The summed E-state index contributed by atoms with van der Waals surface area (Å²) in [6, 6.07) is 9.32. The van der Waals surface area contributed by atoms with Gasteiger partial charge in [0.2, 0.25) is 0 Å². The van der Waals surface area contributed by atoms with Crippen LogP contribution in [0.4, 0.5) is 0 Å². The SMILES string of the molecule is Cl.O=[N+]([O-])C(Br)C(c1ccccc1)N1CCOCC1. The molecule has 1 aromatic carbocycles. The Morgan fingerprint density at radius 3 is 2.37 bits per heavy atom. The molecule has 0 saturated carbocycles. The lowest BCUT2D eigenvalue weighted by molar-refractivity contribution is -0.501. The average Bonchev–Trinajstić information content (AvgIpc) is 2.41. The Kier molecular flexibility index (Phi) is 6.71. The molecule has 19 heavy (non-hydrogen) atoms. The summed E-state index contributed by atoms with van der Waals surface area (Å²) in [5, 5.41) is 11.1. The smallest absolute Gasteiger partial charge is 0.285 e. The lowest BCUT2D eigenvalue weighted by Gasteiger charge is -2.34. The first-order valence-corrected chi connectivity index (χ1v) is 6.76. The molecule has 1 aliphatic heterocycles. The van der Waals surface area contributed by atoms with Crippen molar-refractivity contribution in [3.05, 3.63) is 46.0 Å². The van der Waals surface area contributed by atoms with Crippen molar-refractivity contribution in [3.63, 3.8) is 0 Å². The van der Waals surface area contributed by atoms with Crippen LogP contribution in [0.1, 0.15) is 11.6 Å². The maximum Gasteiger partial charge on any atom is 0.285 e. The summed E-state index contributed by atoms with van der Waals surface area (Å²) >= 11 is 3.20. The topological polar surface area (TPSA) is 55.6 Å². The van der Waals surface area contributed by atoms with Gasteiger partial charge in [0.05, 0.1) is 13.2 Å². The first-order valence-electron chi connectivity index (χ1n) is 5.84. The number of hydrogen-bond acceptors (Lipinski definition) is 4. The van der Waals surface area contributed by atoms with E-state index in [0.717, 1.165) is 18.7 Å². The summed E-state index contributed by atoms with van der Waals surface area (Å²) in [5.41, 5.74) is 0.956. The highest BCUT2D eigenvalue weighted by molar-refractivity contribution is 9.09. The molecule has 1 fully saturated rings. The number of halogens is 2. The van der Waals surface area contributed by atoms with Crippen LogP contribution in [0.15, 0.2) is 30.3 Å². The molecular weight excluding hydrogens is 336 g/mol. The normalized spacial score (nSPS) is 19.2. The van der Waals surface area contributed by atoms with Crippen molar-refractivity contribution in [2.24, 2.45) is 0 Å². The number of hydrogen-bond donors (Lipinski definition) is 0. The molecule has 0 amide bonds. The third kappa shape index (κ3) is 4.14. The molecule has 2 rings (SSSR count). The van der Waals surface area contributed by atoms with Gasteiger partial charge in [0.15, 0.2) is 0 Å². The van der Waals surface area contributed by atoms with Crippen LogP contribution in [0.5, 0.6) is 0 Å². The lowest BCUT2D eigenvalue weighted by atomic mass is 10.0. The minimum atomic E-state index is -0.807. The second-order valence-corrected chi connectivity index (χ2v) is 5.10. The Bertz CT molecular complexity index is 401. The number of morpholine rings is 1. The first kappa shape index (κ1) is 16.4. The lowest BCUT2D eigenvalue weighted by Crippen LogP contribution is -2.44. The third-order valence-electron chi connectivity index (χ3n) is 3.04. The second-order valence-electron chi connectivity index (χ2n) is 4.16. The molecule has 0 bridgehead atoms. The monoisotopic (exact) mass is 350 g/mol. The van der Waals surface area contributed by atoms with Gasteiger partial charge < -0.3 is 4.74 Å². The molecule has 0 aromatic heterocycles. The molecule has 1 heterocycles. The van der Waals surface area contributed by atoms with Gasteiger partial charge in [-0.2, -0.15) is 0 Å². The third-order valence-corrected chi connectivity index (χ3v) is 3.88. The fourth-order valence-corrected chi connectivity index (χ4v) is 2.80. The summed E-state index contributed by atoms with van der Waals surface area (Å²) in [5.74, 6) is 0. The van der Waals surface area contributed by atoms with Gasteiger partial charge in [-0.1, -0.05) is 30.3 Å². The molecule has 1 saturated heterocycles. The van der Waals surface area contributed by atoms with Crippen LogP contribution >= 0.6 is 28.3 Å². The van der Waals surface area contributed by atoms with Crippen LogP contribution in [0.2, 0.25) is 0 Å². The highest BCUT2D eigenvalue weighted by atomic mass is 79.9. The van der Waals surface area contributed by atoms with Crippen LogP contribution in [-0.4, -0.2) is 41.1 Å². The highest BCUT2D eigenvalue weighted by Gasteiger charge is 2.35. The van der Waals surface area contributed by atoms with Crippen molar-refractivity contribution in [1.82, 2.24) is 4.90 Å². The molecule has 0 spiro atoms. The predicted molar refractivity (Wildman–Crippen MR) is 78.5 cm³/mol. The van der Waals surface area contributed by atoms with E-state index in [9.17, 15) is 10.1 Å². The predicted octanol–water partition coefficient (Wildman–Crippen LogP) is 2.48. The second kappa shape index (κ2) is 7.79. The summed E-state index contributed by atoms with van der Waals surface area (Å²) in [7, 11) is 0. The molecule has 5 nitrogen and oxygen atoms in total. The number of ether oxygens (including phenoxy) is 1. The van der Waals surface area contributed by atoms with E-state index in [1.165, 1.54) is 0 Å². The van der Waals surface area contributed by atoms with Gasteiger partial charge in [-0.15, -0.1) is 12.4 Å². The molecule has 7 heteroatoms. The van der Waals surface area contributed by atoms with E-state index in [1.54, 1.807) is 0 Å². The van der Waals surface area contributed by atoms with Gasteiger partial charge in [0.25, 0.3) is 4.95 Å². The fourth-order valence-electron chi connectivity index (χ4n) is 2.16. The zero-order valence-electron chi connectivity index (χ0n) is 10.3. The molecule has 2 atom stereocenters. The molecular formula is C12H16BrClN2O3. The number of rotatable bonds is 4. The fraction of sp³-hybridized carbons (Fsp3) is 0.500. The van der Waals surface area contributed by atoms with E-state index < -0.39 is 4.95 Å². The van der Waals surface area contributed by atoms with Crippen molar-refractivity contribution in [2.75, 3.05) is 26.3 Å². The van der Waals surface area contributed by atoms with Crippen molar-refractivity contribution in [2.45, 2.75) is 11.0 Å². The van der Waals surface area contributed by atoms with Crippen molar-refractivity contribution >= 4 is 28.3 Å². The minimum absolute atomic E-state index is 0. The van der Waals surface area contributed by atoms with Crippen LogP contribution in [0.3, 0.4) is 0 Å². The zero-order valence-corrected chi connectivity index (χ0v) is 12.7. The van der Waals surface area contributed by atoms with E-state index in [0.29, 0.717) is 13.2 Å². The van der Waals surface area contributed by atoms with Gasteiger partial charge in [-0.05, 0) is 21.5 Å². The standard InChI is InChI=1S/C12H15BrN2O3.ClH/c13-12(15(16)17)11(10-4-2-1-3-5-10)14-6-8-18-9-7-14;/h1-5,11-12H,6-9H2;1H. The van der Waals surface area contributed by atoms with Crippen LogP contribution < -0.4 is 0 Å². The number of alkyl halides is 1. The maximum atomic E-state index is 11.1. The molecule has 0 N–H and O–H groups in total. The molecule has 0 radical (unpaired) electrons. The van der Waals surface area contributed by atoms with Gasteiger partial charge in [0, 0.05) is 18.0 Å². The molecule has 1 aromatic rings. The Balaban J connectivity index is 0.00000180. The molecule has 0 aliphatic carbocycles. The number of nitro groups is 1. The van der Waals surface area contributed by atoms with Gasteiger partial charge in [-0.3, -0.25) is 15.0 Å². The largest absolute Gasteiger partial charge is 0.379 e. The summed E-state index contributed by atoms with van der Waals surface area (Å²) in [4.78, 5) is 12.1. The average molecular weight is 352 g/mol.